The Morgan fingerprint density at radius 1 is 1.44 bits per heavy atom. The molecule has 1 N–H and O–H groups in total. The van der Waals surface area contributed by atoms with Crippen LogP contribution in [0.2, 0.25) is 0 Å². The van der Waals surface area contributed by atoms with E-state index in [4.69, 9.17) is 10.7 Å². The number of rotatable bonds is 2. The predicted octanol–water partition coefficient (Wildman–Crippen LogP) is 0.572. The molecule has 6 nitrogen and oxygen atoms in total. The number of esters is 1. The second-order valence-electron chi connectivity index (χ2n) is 3.62. The molecule has 1 aromatic rings. The molecule has 0 aliphatic carbocycles. The fourth-order valence-electron chi connectivity index (χ4n) is 1.73. The highest BCUT2D eigenvalue weighted by atomic mass is 35.7. The minimum Gasteiger partial charge on any atom is -0.467 e. The molecule has 2 rings (SSSR count). The quantitative estimate of drug-likeness (QED) is 0.635. The third-order valence-corrected chi connectivity index (χ3v) is 3.93. The van der Waals surface area contributed by atoms with Crippen molar-refractivity contribution in [3.8, 4) is 0 Å². The van der Waals surface area contributed by atoms with Crippen LogP contribution in [0.15, 0.2) is 23.1 Å². The number of benzene rings is 1. The molecule has 1 heterocycles. The maximum absolute atomic E-state index is 11.6. The van der Waals surface area contributed by atoms with E-state index >= 15 is 0 Å². The first-order valence-electron chi connectivity index (χ1n) is 4.82. The Balaban J connectivity index is 2.53. The third kappa shape index (κ3) is 2.06. The number of ether oxygens (including phenoxy) is 1. The molecule has 1 aliphatic rings. The van der Waals surface area contributed by atoms with Gasteiger partial charge < -0.3 is 10.1 Å². The average molecular weight is 290 g/mol. The highest BCUT2D eigenvalue weighted by molar-refractivity contribution is 8.13. The third-order valence-electron chi connectivity index (χ3n) is 2.57. The van der Waals surface area contributed by atoms with Gasteiger partial charge in [0, 0.05) is 16.2 Å². The summed E-state index contributed by atoms with van der Waals surface area (Å²) in [6.07, 6.45) is 0. The highest BCUT2D eigenvalue weighted by Gasteiger charge is 2.35. The summed E-state index contributed by atoms with van der Waals surface area (Å²) in [6, 6.07) is 2.82. The zero-order valence-corrected chi connectivity index (χ0v) is 10.7. The van der Waals surface area contributed by atoms with E-state index in [1.807, 2.05) is 0 Å². The summed E-state index contributed by atoms with van der Waals surface area (Å²) < 4.78 is 26.8. The van der Waals surface area contributed by atoms with Gasteiger partial charge in [-0.05, 0) is 17.7 Å². The smallest absolute Gasteiger partial charge is 0.333 e. The highest BCUT2D eigenvalue weighted by Crippen LogP contribution is 2.29. The Kier molecular flexibility index (Phi) is 3.04. The van der Waals surface area contributed by atoms with Crippen LogP contribution in [0.4, 0.5) is 0 Å². The number of methoxy groups -OCH3 is 1. The van der Waals surface area contributed by atoms with Crippen molar-refractivity contribution in [2.45, 2.75) is 10.9 Å². The first-order valence-corrected chi connectivity index (χ1v) is 7.13. The summed E-state index contributed by atoms with van der Waals surface area (Å²) in [6.45, 7) is 0. The van der Waals surface area contributed by atoms with Crippen molar-refractivity contribution in [2.24, 2.45) is 0 Å². The Hall–Kier alpha value is -1.60. The minimum absolute atomic E-state index is 0.104. The van der Waals surface area contributed by atoms with Gasteiger partial charge in [0.25, 0.3) is 15.0 Å². The number of nitrogens with one attached hydrogen (secondary N) is 1. The summed E-state index contributed by atoms with van der Waals surface area (Å²) in [5.41, 5.74) is 0.475. The van der Waals surface area contributed by atoms with Crippen LogP contribution in [0.1, 0.15) is 22.0 Å². The SMILES string of the molecule is COC(=O)[C@H]1NC(=O)c2cc(S(=O)(=O)Cl)ccc21. The predicted molar refractivity (Wildman–Crippen MR) is 61.7 cm³/mol. The maximum atomic E-state index is 11.6. The van der Waals surface area contributed by atoms with Crippen LogP contribution < -0.4 is 5.32 Å². The molecule has 1 aromatic carbocycles. The molecule has 1 atom stereocenters. The number of hydrogen-bond donors (Lipinski definition) is 1. The number of carbonyl (C=O) groups excluding carboxylic acids is 2. The summed E-state index contributed by atoms with van der Waals surface area (Å²) in [4.78, 5) is 22.9. The second-order valence-corrected chi connectivity index (χ2v) is 6.18. The Morgan fingerprint density at radius 2 is 2.11 bits per heavy atom. The molecule has 0 fully saturated rings. The zero-order chi connectivity index (χ0) is 13.5. The van der Waals surface area contributed by atoms with E-state index < -0.39 is 27.0 Å². The normalized spacial score (nSPS) is 18.1. The number of carbonyl (C=O) groups is 2. The standard InChI is InChI=1S/C10H8ClNO5S/c1-17-10(14)8-6-3-2-5(18(11,15)16)4-7(6)9(13)12-8/h2-4,8H,1H3,(H,12,13)/t8-/m0/s1. The van der Waals surface area contributed by atoms with E-state index in [1.54, 1.807) is 0 Å². The van der Waals surface area contributed by atoms with Crippen molar-refractivity contribution in [3.05, 3.63) is 29.3 Å². The van der Waals surface area contributed by atoms with Gasteiger partial charge in [0.05, 0.1) is 12.0 Å². The van der Waals surface area contributed by atoms with Crippen molar-refractivity contribution in [1.29, 1.82) is 0 Å². The lowest BCUT2D eigenvalue weighted by atomic mass is 10.1. The van der Waals surface area contributed by atoms with E-state index in [0.29, 0.717) is 5.56 Å². The van der Waals surface area contributed by atoms with Crippen molar-refractivity contribution < 1.29 is 22.7 Å². The van der Waals surface area contributed by atoms with Crippen LogP contribution in [0.5, 0.6) is 0 Å². The lowest BCUT2D eigenvalue weighted by Gasteiger charge is -2.08. The molecule has 96 valence electrons. The molecule has 0 saturated carbocycles. The van der Waals surface area contributed by atoms with Crippen LogP contribution in [0.3, 0.4) is 0 Å². The zero-order valence-electron chi connectivity index (χ0n) is 9.14. The maximum Gasteiger partial charge on any atom is 0.333 e. The van der Waals surface area contributed by atoms with Gasteiger partial charge in [0.2, 0.25) is 0 Å². The molecule has 0 unspecified atom stereocenters. The lowest BCUT2D eigenvalue weighted by Crippen LogP contribution is -2.26. The molecule has 1 aliphatic heterocycles. The molecule has 8 heteroatoms. The van der Waals surface area contributed by atoms with Gasteiger partial charge in [-0.3, -0.25) is 4.79 Å². The topological polar surface area (TPSA) is 89.5 Å². The van der Waals surface area contributed by atoms with E-state index in [1.165, 1.54) is 19.2 Å². The van der Waals surface area contributed by atoms with Crippen molar-refractivity contribution in [3.63, 3.8) is 0 Å². The number of hydrogen-bond acceptors (Lipinski definition) is 5. The van der Waals surface area contributed by atoms with Crippen LogP contribution in [-0.2, 0) is 18.6 Å². The summed E-state index contributed by atoms with van der Waals surface area (Å²) in [5.74, 6) is -1.16. The van der Waals surface area contributed by atoms with Crippen LogP contribution >= 0.6 is 10.7 Å². The van der Waals surface area contributed by atoms with Crippen molar-refractivity contribution >= 4 is 31.6 Å². The van der Waals surface area contributed by atoms with Gasteiger partial charge in [-0.2, -0.15) is 0 Å². The summed E-state index contributed by atoms with van der Waals surface area (Å²) >= 11 is 0. The van der Waals surface area contributed by atoms with Gasteiger partial charge >= 0.3 is 5.97 Å². The lowest BCUT2D eigenvalue weighted by molar-refractivity contribution is -0.142. The van der Waals surface area contributed by atoms with Crippen molar-refractivity contribution in [2.75, 3.05) is 7.11 Å². The molecule has 0 saturated heterocycles. The molecular formula is C10H8ClNO5S. The van der Waals surface area contributed by atoms with Crippen LogP contribution in [0, 0.1) is 0 Å². The molecule has 0 aromatic heterocycles. The van der Waals surface area contributed by atoms with Crippen LogP contribution in [-0.4, -0.2) is 27.4 Å². The van der Waals surface area contributed by atoms with Gasteiger partial charge in [-0.1, -0.05) is 6.07 Å². The first-order chi connectivity index (χ1) is 8.34. The molecule has 0 spiro atoms. The first kappa shape index (κ1) is 12.8. The molecule has 1 amide bonds. The minimum atomic E-state index is -3.92. The number of halogens is 1. The fourth-order valence-corrected chi connectivity index (χ4v) is 2.50. The Labute approximate surface area is 107 Å². The van der Waals surface area contributed by atoms with E-state index in [2.05, 4.69) is 10.1 Å². The monoisotopic (exact) mass is 289 g/mol. The molecule has 18 heavy (non-hydrogen) atoms. The van der Waals surface area contributed by atoms with Gasteiger partial charge in [0.15, 0.2) is 6.04 Å². The summed E-state index contributed by atoms with van der Waals surface area (Å²) in [5, 5.41) is 2.40. The van der Waals surface area contributed by atoms with Gasteiger partial charge in [-0.25, -0.2) is 13.2 Å². The molecule has 0 bridgehead atoms. The van der Waals surface area contributed by atoms with Gasteiger partial charge in [0.1, 0.15) is 0 Å². The van der Waals surface area contributed by atoms with E-state index in [9.17, 15) is 18.0 Å². The number of amides is 1. The second kappa shape index (κ2) is 4.25. The Morgan fingerprint density at radius 3 is 2.67 bits per heavy atom. The average Bonchev–Trinajstić information content (AvgIpc) is 2.64. The summed E-state index contributed by atoms with van der Waals surface area (Å²) in [7, 11) is 2.47. The van der Waals surface area contributed by atoms with Crippen molar-refractivity contribution in [1.82, 2.24) is 5.32 Å². The van der Waals surface area contributed by atoms with E-state index in [-0.39, 0.29) is 10.5 Å². The van der Waals surface area contributed by atoms with Gasteiger partial charge in [-0.15, -0.1) is 0 Å². The van der Waals surface area contributed by atoms with Crippen LogP contribution in [0.25, 0.3) is 0 Å². The fraction of sp³-hybridized carbons (Fsp3) is 0.200. The Bertz CT molecular complexity index is 640. The van der Waals surface area contributed by atoms with E-state index in [0.717, 1.165) is 6.07 Å². The molecule has 0 radical (unpaired) electrons. The number of fused-ring (bicyclic) bond motifs is 1. The molecular weight excluding hydrogens is 282 g/mol. The largest absolute Gasteiger partial charge is 0.467 e.